The second-order valence-electron chi connectivity index (χ2n) is 9.08. The Morgan fingerprint density at radius 2 is 1.59 bits per heavy atom. The topological polar surface area (TPSA) is 89.9 Å². The van der Waals surface area contributed by atoms with Gasteiger partial charge in [0, 0.05) is 36.9 Å². The lowest BCUT2D eigenvalue weighted by atomic mass is 9.78. The van der Waals surface area contributed by atoms with Crippen LogP contribution in [0.15, 0.2) is 42.5 Å². The smallest absolute Gasteiger partial charge is 0.307 e. The van der Waals surface area contributed by atoms with Gasteiger partial charge in [0.15, 0.2) is 0 Å². The summed E-state index contributed by atoms with van der Waals surface area (Å²) in [5.74, 6) is -2.64. The number of hydrogen-bond donors (Lipinski definition) is 2. The number of piperazine rings is 1. The second-order valence-corrected chi connectivity index (χ2v) is 9.51. The number of hydrogen-bond acceptors (Lipinski definition) is 4. The molecule has 2 aromatic rings. The molecule has 2 aliphatic rings. The van der Waals surface area contributed by atoms with Crippen molar-refractivity contribution in [1.82, 2.24) is 4.90 Å². The van der Waals surface area contributed by atoms with Gasteiger partial charge in [-0.05, 0) is 55.7 Å². The minimum Gasteiger partial charge on any atom is -0.481 e. The Bertz CT molecular complexity index is 1060. The van der Waals surface area contributed by atoms with Crippen LogP contribution in [0.5, 0.6) is 0 Å². The van der Waals surface area contributed by atoms with E-state index in [1.807, 2.05) is 42.2 Å². The van der Waals surface area contributed by atoms with Gasteiger partial charge in [-0.2, -0.15) is 0 Å². The fourth-order valence-corrected chi connectivity index (χ4v) is 5.13. The summed E-state index contributed by atoms with van der Waals surface area (Å²) in [5.41, 5.74) is 2.77. The van der Waals surface area contributed by atoms with Gasteiger partial charge in [-0.25, -0.2) is 0 Å². The Morgan fingerprint density at radius 3 is 2.24 bits per heavy atom. The van der Waals surface area contributed by atoms with E-state index in [4.69, 9.17) is 11.6 Å². The maximum absolute atomic E-state index is 13.5. The zero-order valence-electron chi connectivity index (χ0n) is 19.3. The third kappa shape index (κ3) is 5.20. The Hall–Kier alpha value is -3.06. The Morgan fingerprint density at radius 1 is 0.941 bits per heavy atom. The highest BCUT2D eigenvalue weighted by molar-refractivity contribution is 6.30. The highest BCUT2D eigenvalue weighted by atomic mass is 35.5. The van der Waals surface area contributed by atoms with Gasteiger partial charge < -0.3 is 20.2 Å². The van der Waals surface area contributed by atoms with Crippen LogP contribution in [0.4, 0.5) is 11.4 Å². The fraction of sp³-hybridized carbons (Fsp3) is 0.423. The molecule has 4 rings (SSSR count). The predicted molar refractivity (Wildman–Crippen MR) is 132 cm³/mol. The zero-order chi connectivity index (χ0) is 24.2. The molecule has 2 atom stereocenters. The molecule has 2 fully saturated rings. The number of amides is 2. The number of carbonyl (C=O) groups excluding carboxylic acids is 2. The largest absolute Gasteiger partial charge is 0.481 e. The van der Waals surface area contributed by atoms with E-state index in [1.54, 1.807) is 12.1 Å². The summed E-state index contributed by atoms with van der Waals surface area (Å²) in [6, 6.07) is 13.1. The van der Waals surface area contributed by atoms with Crippen LogP contribution in [0.25, 0.3) is 0 Å². The van der Waals surface area contributed by atoms with E-state index in [2.05, 4.69) is 10.2 Å². The molecule has 2 amide bonds. The minimum absolute atomic E-state index is 0.123. The van der Waals surface area contributed by atoms with E-state index in [0.29, 0.717) is 55.3 Å². The van der Waals surface area contributed by atoms with Crippen LogP contribution >= 0.6 is 11.6 Å². The fourth-order valence-electron chi connectivity index (χ4n) is 5.00. The molecule has 34 heavy (non-hydrogen) atoms. The molecule has 1 heterocycles. The van der Waals surface area contributed by atoms with Crippen molar-refractivity contribution in [3.05, 3.63) is 58.6 Å². The number of carboxylic acids is 1. The van der Waals surface area contributed by atoms with Crippen LogP contribution in [-0.4, -0.2) is 54.0 Å². The van der Waals surface area contributed by atoms with Gasteiger partial charge in [-0.1, -0.05) is 36.6 Å². The Labute approximate surface area is 204 Å². The van der Waals surface area contributed by atoms with Crippen molar-refractivity contribution in [2.24, 2.45) is 11.8 Å². The van der Waals surface area contributed by atoms with Crippen LogP contribution < -0.4 is 10.2 Å². The molecule has 0 aromatic heterocycles. The minimum atomic E-state index is -0.932. The van der Waals surface area contributed by atoms with Crippen molar-refractivity contribution >= 4 is 40.8 Å². The SMILES string of the molecule is Cc1cccc(NC(=O)[C@H]2CCCC[C@H]2C(=O)O)c1C(=O)N1CCN(c2ccc(Cl)cc2)CC1. The first-order valence-electron chi connectivity index (χ1n) is 11.8. The maximum Gasteiger partial charge on any atom is 0.307 e. The molecule has 0 spiro atoms. The summed E-state index contributed by atoms with van der Waals surface area (Å²) in [6.07, 6.45) is 2.70. The van der Waals surface area contributed by atoms with Gasteiger partial charge in [0.2, 0.25) is 5.91 Å². The number of rotatable bonds is 5. The summed E-state index contributed by atoms with van der Waals surface area (Å²) < 4.78 is 0. The van der Waals surface area contributed by atoms with Crippen molar-refractivity contribution in [2.45, 2.75) is 32.6 Å². The van der Waals surface area contributed by atoms with Crippen LogP contribution in [-0.2, 0) is 9.59 Å². The van der Waals surface area contributed by atoms with Crippen molar-refractivity contribution in [2.75, 3.05) is 36.4 Å². The molecule has 8 heteroatoms. The van der Waals surface area contributed by atoms with Crippen LogP contribution in [0.2, 0.25) is 5.02 Å². The monoisotopic (exact) mass is 483 g/mol. The quantitative estimate of drug-likeness (QED) is 0.656. The first-order chi connectivity index (χ1) is 16.3. The molecule has 1 aliphatic heterocycles. The first kappa shape index (κ1) is 24.1. The maximum atomic E-state index is 13.5. The van der Waals surface area contributed by atoms with Crippen LogP contribution in [0.1, 0.15) is 41.6 Å². The van der Waals surface area contributed by atoms with Crippen molar-refractivity contribution in [3.63, 3.8) is 0 Å². The number of aliphatic carboxylic acids is 1. The summed E-state index contributed by atoms with van der Waals surface area (Å²) in [5, 5.41) is 13.1. The number of carbonyl (C=O) groups is 3. The number of halogens is 1. The van der Waals surface area contributed by atoms with Crippen LogP contribution in [0.3, 0.4) is 0 Å². The van der Waals surface area contributed by atoms with Gasteiger partial charge in [0.25, 0.3) is 5.91 Å². The summed E-state index contributed by atoms with van der Waals surface area (Å²) in [4.78, 5) is 42.2. The molecule has 1 saturated heterocycles. The third-order valence-electron chi connectivity index (χ3n) is 6.92. The lowest BCUT2D eigenvalue weighted by Crippen LogP contribution is -2.49. The molecule has 0 bridgehead atoms. The van der Waals surface area contributed by atoms with Crippen LogP contribution in [0, 0.1) is 18.8 Å². The number of benzene rings is 2. The standard InChI is InChI=1S/C26H30ClN3O4/c1-17-5-4-8-22(28-24(31)20-6-2-3-7-21(20)26(33)34)23(17)25(32)30-15-13-29(14-16-30)19-11-9-18(27)10-12-19/h4-5,8-12,20-21H,2-3,6-7,13-16H2,1H3,(H,28,31)(H,33,34)/t20-,21+/m0/s1. The number of nitrogens with one attached hydrogen (secondary N) is 1. The zero-order valence-corrected chi connectivity index (χ0v) is 20.1. The Balaban J connectivity index is 1.47. The summed E-state index contributed by atoms with van der Waals surface area (Å²) in [7, 11) is 0. The third-order valence-corrected chi connectivity index (χ3v) is 7.18. The average Bonchev–Trinajstić information content (AvgIpc) is 2.84. The van der Waals surface area contributed by atoms with Gasteiger partial charge in [0.1, 0.15) is 0 Å². The Kier molecular flexibility index (Phi) is 7.41. The van der Waals surface area contributed by atoms with Gasteiger partial charge in [-0.15, -0.1) is 0 Å². The molecule has 2 aromatic carbocycles. The second kappa shape index (κ2) is 10.5. The number of nitrogens with zero attached hydrogens (tertiary/aromatic N) is 2. The first-order valence-corrected chi connectivity index (χ1v) is 12.2. The van der Waals surface area contributed by atoms with Crippen molar-refractivity contribution < 1.29 is 19.5 Å². The molecular weight excluding hydrogens is 454 g/mol. The normalized spacial score (nSPS) is 20.6. The molecule has 7 nitrogen and oxygen atoms in total. The molecule has 1 saturated carbocycles. The van der Waals surface area contributed by atoms with E-state index in [1.165, 1.54) is 0 Å². The van der Waals surface area contributed by atoms with E-state index >= 15 is 0 Å². The van der Waals surface area contributed by atoms with Gasteiger partial charge >= 0.3 is 5.97 Å². The van der Waals surface area contributed by atoms with Crippen molar-refractivity contribution in [1.29, 1.82) is 0 Å². The lowest BCUT2D eigenvalue weighted by molar-refractivity contribution is -0.147. The predicted octanol–water partition coefficient (Wildman–Crippen LogP) is 4.44. The number of anilines is 2. The molecule has 0 unspecified atom stereocenters. The van der Waals surface area contributed by atoms with E-state index in [0.717, 1.165) is 24.1 Å². The summed E-state index contributed by atoms with van der Waals surface area (Å²) in [6.45, 7) is 4.37. The number of carboxylic acid groups (broad SMARTS) is 1. The molecule has 2 N–H and O–H groups in total. The molecular formula is C26H30ClN3O4. The summed E-state index contributed by atoms with van der Waals surface area (Å²) >= 11 is 5.99. The van der Waals surface area contributed by atoms with E-state index < -0.39 is 17.8 Å². The average molecular weight is 484 g/mol. The molecule has 1 aliphatic carbocycles. The molecule has 180 valence electrons. The van der Waals surface area contributed by atoms with Gasteiger partial charge in [0.05, 0.1) is 23.1 Å². The highest BCUT2D eigenvalue weighted by Gasteiger charge is 2.36. The van der Waals surface area contributed by atoms with Crippen molar-refractivity contribution in [3.8, 4) is 0 Å². The lowest BCUT2D eigenvalue weighted by Gasteiger charge is -2.36. The van der Waals surface area contributed by atoms with E-state index in [-0.39, 0.29) is 11.8 Å². The number of aryl methyl sites for hydroxylation is 1. The van der Waals surface area contributed by atoms with E-state index in [9.17, 15) is 19.5 Å². The highest BCUT2D eigenvalue weighted by Crippen LogP contribution is 2.32. The molecule has 0 radical (unpaired) electrons. The van der Waals surface area contributed by atoms with Gasteiger partial charge in [-0.3, -0.25) is 14.4 Å².